The van der Waals surface area contributed by atoms with Gasteiger partial charge in [0.2, 0.25) is 0 Å². The molecule has 3 fully saturated rings. The molecule has 1 aromatic rings. The van der Waals surface area contributed by atoms with Gasteiger partial charge in [-0.1, -0.05) is 6.07 Å². The summed E-state index contributed by atoms with van der Waals surface area (Å²) >= 11 is 0. The molecule has 0 radical (unpaired) electrons. The second-order valence-electron chi connectivity index (χ2n) is 8.37. The second kappa shape index (κ2) is 7.11. The SMILES string of the molecule is CN1C[C@@H](COCC2CC2)C2(CCN(Cc3cccnc3)CC2)C1. The number of rotatable bonds is 6. The van der Waals surface area contributed by atoms with Crippen LogP contribution in [-0.4, -0.2) is 61.2 Å². The average Bonchev–Trinajstić information content (AvgIpc) is 3.36. The van der Waals surface area contributed by atoms with Crippen molar-refractivity contribution >= 4 is 0 Å². The molecule has 0 unspecified atom stereocenters. The highest BCUT2D eigenvalue weighted by Crippen LogP contribution is 2.44. The number of pyridine rings is 1. The average molecular weight is 329 g/mol. The predicted octanol–water partition coefficient (Wildman–Crippen LogP) is 2.65. The van der Waals surface area contributed by atoms with Crippen LogP contribution in [0.4, 0.5) is 0 Å². The number of piperidine rings is 1. The van der Waals surface area contributed by atoms with Crippen molar-refractivity contribution in [1.82, 2.24) is 14.8 Å². The number of likely N-dealkylation sites (tertiary alicyclic amines) is 2. The van der Waals surface area contributed by atoms with E-state index in [0.29, 0.717) is 5.41 Å². The molecule has 132 valence electrons. The smallest absolute Gasteiger partial charge is 0.0512 e. The minimum Gasteiger partial charge on any atom is -0.381 e. The molecule has 1 saturated carbocycles. The van der Waals surface area contributed by atoms with Crippen molar-refractivity contribution in [3.05, 3.63) is 30.1 Å². The van der Waals surface area contributed by atoms with E-state index in [1.165, 1.54) is 57.4 Å². The van der Waals surface area contributed by atoms with E-state index in [1.807, 2.05) is 18.5 Å². The zero-order valence-corrected chi connectivity index (χ0v) is 15.0. The first-order valence-corrected chi connectivity index (χ1v) is 9.61. The summed E-state index contributed by atoms with van der Waals surface area (Å²) in [6.07, 6.45) is 9.26. The highest BCUT2D eigenvalue weighted by molar-refractivity contribution is 5.09. The van der Waals surface area contributed by atoms with E-state index < -0.39 is 0 Å². The molecule has 3 aliphatic rings. The minimum absolute atomic E-state index is 0.490. The van der Waals surface area contributed by atoms with Gasteiger partial charge in [0.1, 0.15) is 0 Å². The van der Waals surface area contributed by atoms with Gasteiger partial charge in [-0.25, -0.2) is 0 Å². The lowest BCUT2D eigenvalue weighted by Gasteiger charge is -2.42. The third-order valence-electron chi connectivity index (χ3n) is 6.33. The lowest BCUT2D eigenvalue weighted by Crippen LogP contribution is -2.44. The Kier molecular flexibility index (Phi) is 4.88. The number of aromatic nitrogens is 1. The van der Waals surface area contributed by atoms with Gasteiger partial charge in [0.15, 0.2) is 0 Å². The topological polar surface area (TPSA) is 28.6 Å². The first-order valence-electron chi connectivity index (χ1n) is 9.61. The highest BCUT2D eigenvalue weighted by atomic mass is 16.5. The largest absolute Gasteiger partial charge is 0.381 e. The molecule has 2 saturated heterocycles. The van der Waals surface area contributed by atoms with Crippen molar-refractivity contribution in [3.8, 4) is 0 Å². The molecule has 1 spiro atoms. The van der Waals surface area contributed by atoms with Crippen LogP contribution < -0.4 is 0 Å². The highest BCUT2D eigenvalue weighted by Gasteiger charge is 2.46. The van der Waals surface area contributed by atoms with Gasteiger partial charge in [-0.15, -0.1) is 0 Å². The fourth-order valence-electron chi connectivity index (χ4n) is 4.66. The molecule has 3 heterocycles. The second-order valence-corrected chi connectivity index (χ2v) is 8.37. The first kappa shape index (κ1) is 16.5. The van der Waals surface area contributed by atoms with E-state index >= 15 is 0 Å². The number of nitrogens with zero attached hydrogens (tertiary/aromatic N) is 3. The zero-order valence-electron chi connectivity index (χ0n) is 15.0. The Morgan fingerprint density at radius 2 is 2.08 bits per heavy atom. The summed E-state index contributed by atoms with van der Waals surface area (Å²) in [5, 5.41) is 0. The predicted molar refractivity (Wildman–Crippen MR) is 95.7 cm³/mol. The van der Waals surface area contributed by atoms with E-state index in [1.54, 1.807) is 0 Å². The maximum atomic E-state index is 6.09. The third kappa shape index (κ3) is 3.81. The van der Waals surface area contributed by atoms with Crippen molar-refractivity contribution in [1.29, 1.82) is 0 Å². The molecule has 0 amide bonds. The summed E-state index contributed by atoms with van der Waals surface area (Å²) in [5.74, 6) is 1.60. The van der Waals surface area contributed by atoms with Crippen LogP contribution in [0.3, 0.4) is 0 Å². The Bertz CT molecular complexity index is 523. The molecule has 1 atom stereocenters. The van der Waals surface area contributed by atoms with Crippen LogP contribution >= 0.6 is 0 Å². The van der Waals surface area contributed by atoms with Crippen LogP contribution in [0.25, 0.3) is 0 Å². The summed E-state index contributed by atoms with van der Waals surface area (Å²) in [6, 6.07) is 4.23. The van der Waals surface area contributed by atoms with Gasteiger partial charge < -0.3 is 9.64 Å². The first-order chi connectivity index (χ1) is 11.7. The van der Waals surface area contributed by atoms with Gasteiger partial charge in [0.25, 0.3) is 0 Å². The summed E-state index contributed by atoms with van der Waals surface area (Å²) in [4.78, 5) is 9.38. The van der Waals surface area contributed by atoms with Gasteiger partial charge in [0.05, 0.1) is 6.61 Å². The fourth-order valence-corrected chi connectivity index (χ4v) is 4.66. The van der Waals surface area contributed by atoms with Crippen molar-refractivity contribution in [3.63, 3.8) is 0 Å². The van der Waals surface area contributed by atoms with Crippen molar-refractivity contribution < 1.29 is 4.74 Å². The number of hydrogen-bond acceptors (Lipinski definition) is 4. The minimum atomic E-state index is 0.490. The Morgan fingerprint density at radius 3 is 2.79 bits per heavy atom. The Morgan fingerprint density at radius 1 is 1.25 bits per heavy atom. The molecule has 2 aliphatic heterocycles. The maximum absolute atomic E-state index is 6.09. The fraction of sp³-hybridized carbons (Fsp3) is 0.750. The molecule has 0 bridgehead atoms. The third-order valence-corrected chi connectivity index (χ3v) is 6.33. The maximum Gasteiger partial charge on any atom is 0.0512 e. The van der Waals surface area contributed by atoms with Crippen LogP contribution in [0.1, 0.15) is 31.2 Å². The van der Waals surface area contributed by atoms with Crippen molar-refractivity contribution in [2.24, 2.45) is 17.3 Å². The molecule has 0 N–H and O–H groups in total. The molecule has 4 nitrogen and oxygen atoms in total. The van der Waals surface area contributed by atoms with E-state index in [2.05, 4.69) is 27.9 Å². The molecule has 4 rings (SSSR count). The Hall–Kier alpha value is -0.970. The Labute approximate surface area is 146 Å². The number of hydrogen-bond donors (Lipinski definition) is 0. The van der Waals surface area contributed by atoms with Gasteiger partial charge in [-0.3, -0.25) is 9.88 Å². The van der Waals surface area contributed by atoms with Crippen molar-refractivity contribution in [2.45, 2.75) is 32.2 Å². The van der Waals surface area contributed by atoms with Crippen LogP contribution in [0, 0.1) is 17.3 Å². The van der Waals surface area contributed by atoms with Crippen molar-refractivity contribution in [2.75, 3.05) is 46.4 Å². The lowest BCUT2D eigenvalue weighted by atomic mass is 9.71. The van der Waals surface area contributed by atoms with E-state index in [-0.39, 0.29) is 0 Å². The molecular weight excluding hydrogens is 298 g/mol. The van der Waals surface area contributed by atoms with Crippen LogP contribution in [-0.2, 0) is 11.3 Å². The number of ether oxygens (including phenoxy) is 1. The Balaban J connectivity index is 1.31. The molecule has 0 aromatic carbocycles. The van der Waals surface area contributed by atoms with Gasteiger partial charge in [-0.05, 0) is 68.8 Å². The normalized spacial score (nSPS) is 27.8. The molecular formula is C20H31N3O. The lowest BCUT2D eigenvalue weighted by molar-refractivity contribution is 0.0167. The standard InChI is InChI=1S/C20H31N3O/c1-22-13-19(15-24-14-17-4-5-17)20(16-22)6-9-23(10-7-20)12-18-3-2-8-21-11-18/h2-3,8,11,17,19H,4-7,9-10,12-16H2,1H3/t19-/m0/s1. The van der Waals surface area contributed by atoms with E-state index in [0.717, 1.165) is 31.6 Å². The van der Waals surface area contributed by atoms with Gasteiger partial charge >= 0.3 is 0 Å². The quantitative estimate of drug-likeness (QED) is 0.802. The molecule has 1 aliphatic carbocycles. The zero-order chi connectivity index (χ0) is 16.4. The summed E-state index contributed by atoms with van der Waals surface area (Å²) < 4.78 is 6.09. The monoisotopic (exact) mass is 329 g/mol. The van der Waals surface area contributed by atoms with Crippen LogP contribution in [0.15, 0.2) is 24.5 Å². The van der Waals surface area contributed by atoms with Crippen LogP contribution in [0.5, 0.6) is 0 Å². The van der Waals surface area contributed by atoms with Gasteiger partial charge in [0, 0.05) is 44.6 Å². The summed E-state index contributed by atoms with van der Waals surface area (Å²) in [5.41, 5.74) is 1.82. The van der Waals surface area contributed by atoms with Gasteiger partial charge in [-0.2, -0.15) is 0 Å². The van der Waals surface area contributed by atoms with E-state index in [4.69, 9.17) is 4.74 Å². The molecule has 4 heteroatoms. The molecule has 1 aromatic heterocycles. The summed E-state index contributed by atoms with van der Waals surface area (Å²) in [6.45, 7) is 7.91. The molecule has 24 heavy (non-hydrogen) atoms. The van der Waals surface area contributed by atoms with Crippen LogP contribution in [0.2, 0.25) is 0 Å². The van der Waals surface area contributed by atoms with E-state index in [9.17, 15) is 0 Å². The summed E-state index contributed by atoms with van der Waals surface area (Å²) in [7, 11) is 2.28.